The maximum atomic E-state index is 17.6. The number of aliphatic hydroxyl groups excluding tert-OH is 1. The molecule has 0 saturated heterocycles. The lowest BCUT2D eigenvalue weighted by molar-refractivity contribution is -0.214. The standard InChI is InChI=1S/C32H34F2O9S/c1-18-14-20-21-16-23(33)22-15-19(35)9-10-29(22,2)31(21,34)25(36)17-30(20,3)32(18,43-26(37)24-8-7-12-41-24)27(38)44-13-6-5-11-42-28(39)40-4/h7-10,12,18,20-21,25,36H,11,13-17H2,1-4H3/t18-,20?,21?,25+,29+,30+,31+,32+/m1/s1. The first kappa shape index (κ1) is 32.0. The van der Waals surface area contributed by atoms with Crippen LogP contribution < -0.4 is 0 Å². The molecule has 12 heteroatoms. The van der Waals surface area contributed by atoms with Crippen LogP contribution in [-0.2, 0) is 23.8 Å². The number of aliphatic hydroxyl groups is 1. The number of hydrogen-bond acceptors (Lipinski definition) is 10. The molecule has 0 aliphatic heterocycles. The van der Waals surface area contributed by atoms with Crippen molar-refractivity contribution in [3.05, 3.63) is 47.7 Å². The molecule has 2 fully saturated rings. The second kappa shape index (κ2) is 11.5. The number of methoxy groups -OCH3 is 1. The van der Waals surface area contributed by atoms with Gasteiger partial charge in [-0.05, 0) is 49.5 Å². The van der Waals surface area contributed by atoms with Gasteiger partial charge in [-0.15, -0.1) is 0 Å². The summed E-state index contributed by atoms with van der Waals surface area (Å²) in [7, 11) is 1.16. The third-order valence-corrected chi connectivity index (χ3v) is 11.2. The highest BCUT2D eigenvalue weighted by Gasteiger charge is 2.77. The Hall–Kier alpha value is -3.43. The number of rotatable bonds is 5. The van der Waals surface area contributed by atoms with Gasteiger partial charge in [0.25, 0.3) is 0 Å². The third kappa shape index (κ3) is 4.62. The van der Waals surface area contributed by atoms with E-state index >= 15 is 8.78 Å². The SMILES string of the molecule is COC(=O)OCC#CCSC(=O)[C@@]1(OC(=O)c2ccco2)[C@H](C)CC2C3CC(F)=C4CC(=O)C=C[C@]4(C)[C@@]3(F)[C@@H](O)C[C@@]21C. The predicted molar refractivity (Wildman–Crippen MR) is 153 cm³/mol. The van der Waals surface area contributed by atoms with Crippen molar-refractivity contribution in [1.29, 1.82) is 0 Å². The number of allylic oxidation sites excluding steroid dienone is 4. The number of esters is 1. The summed E-state index contributed by atoms with van der Waals surface area (Å²) in [5.74, 6) is 0.868. The molecule has 0 spiro atoms. The van der Waals surface area contributed by atoms with E-state index in [0.717, 1.165) is 18.9 Å². The van der Waals surface area contributed by atoms with E-state index in [4.69, 9.17) is 13.9 Å². The number of fused-ring (bicyclic) bond motifs is 5. The van der Waals surface area contributed by atoms with Crippen molar-refractivity contribution in [3.8, 4) is 11.8 Å². The number of thioether (sulfide) groups is 1. The van der Waals surface area contributed by atoms with Gasteiger partial charge in [0.1, 0.15) is 5.83 Å². The molecular weight excluding hydrogens is 598 g/mol. The highest BCUT2D eigenvalue weighted by atomic mass is 32.2. The van der Waals surface area contributed by atoms with Crippen LogP contribution in [0, 0.1) is 40.4 Å². The summed E-state index contributed by atoms with van der Waals surface area (Å²) < 4.78 is 53.9. The summed E-state index contributed by atoms with van der Waals surface area (Å²) in [4.78, 5) is 50.9. The van der Waals surface area contributed by atoms with Crippen LogP contribution in [0.1, 0.15) is 57.0 Å². The number of ether oxygens (including phenoxy) is 3. The summed E-state index contributed by atoms with van der Waals surface area (Å²) in [5, 5.41) is 11.1. The maximum Gasteiger partial charge on any atom is 0.508 e. The van der Waals surface area contributed by atoms with Gasteiger partial charge in [-0.3, -0.25) is 9.59 Å². The van der Waals surface area contributed by atoms with E-state index in [-0.39, 0.29) is 55.2 Å². The lowest BCUT2D eigenvalue weighted by Gasteiger charge is -2.62. The van der Waals surface area contributed by atoms with Gasteiger partial charge >= 0.3 is 12.1 Å². The van der Waals surface area contributed by atoms with E-state index in [1.807, 2.05) is 0 Å². The summed E-state index contributed by atoms with van der Waals surface area (Å²) in [5.41, 5.74) is -7.06. The Bertz CT molecular complexity index is 1490. The van der Waals surface area contributed by atoms with Crippen molar-refractivity contribution in [2.75, 3.05) is 19.5 Å². The number of carbonyl (C=O) groups is 4. The van der Waals surface area contributed by atoms with E-state index in [2.05, 4.69) is 16.6 Å². The van der Waals surface area contributed by atoms with E-state index in [1.54, 1.807) is 13.8 Å². The van der Waals surface area contributed by atoms with Gasteiger partial charge in [0.15, 0.2) is 23.7 Å². The summed E-state index contributed by atoms with van der Waals surface area (Å²) >= 11 is 0.783. The fraction of sp³-hybridized carbons (Fsp3) is 0.562. The monoisotopic (exact) mass is 632 g/mol. The normalized spacial score (nSPS) is 37.2. The Morgan fingerprint density at radius 1 is 1.23 bits per heavy atom. The molecule has 0 aromatic carbocycles. The molecule has 0 radical (unpaired) electrons. The third-order valence-electron chi connectivity index (χ3n) is 10.3. The molecule has 1 heterocycles. The Kier molecular flexibility index (Phi) is 8.35. The molecule has 1 aromatic heterocycles. The number of alkyl halides is 1. The van der Waals surface area contributed by atoms with Gasteiger partial charge in [-0.1, -0.05) is 43.5 Å². The lowest BCUT2D eigenvalue weighted by atomic mass is 9.45. The second-order valence-electron chi connectivity index (χ2n) is 12.3. The van der Waals surface area contributed by atoms with Crippen LogP contribution >= 0.6 is 11.8 Å². The zero-order valence-corrected chi connectivity index (χ0v) is 25.6. The number of halogens is 2. The molecule has 4 aliphatic carbocycles. The number of furan rings is 1. The summed E-state index contributed by atoms with van der Waals surface area (Å²) in [6, 6.07) is 2.89. The van der Waals surface area contributed by atoms with Crippen molar-refractivity contribution in [3.63, 3.8) is 0 Å². The van der Waals surface area contributed by atoms with Crippen LogP contribution in [0.4, 0.5) is 13.6 Å². The Labute approximate surface area is 257 Å². The van der Waals surface area contributed by atoms with E-state index in [0.29, 0.717) is 0 Å². The van der Waals surface area contributed by atoms with Gasteiger partial charge in [-0.25, -0.2) is 18.4 Å². The largest absolute Gasteiger partial charge is 0.508 e. The van der Waals surface area contributed by atoms with Gasteiger partial charge in [0.05, 0.1) is 25.2 Å². The molecule has 0 amide bonds. The molecule has 0 bridgehead atoms. The molecule has 1 N–H and O–H groups in total. The van der Waals surface area contributed by atoms with Gasteiger partial charge in [0, 0.05) is 35.5 Å². The highest BCUT2D eigenvalue weighted by molar-refractivity contribution is 8.14. The van der Waals surface area contributed by atoms with Crippen molar-refractivity contribution in [2.24, 2.45) is 28.6 Å². The van der Waals surface area contributed by atoms with E-state index < -0.39 is 69.0 Å². The van der Waals surface area contributed by atoms with Crippen LogP contribution in [0.5, 0.6) is 0 Å². The topological polar surface area (TPSA) is 129 Å². The average molecular weight is 633 g/mol. The minimum atomic E-state index is -2.35. The van der Waals surface area contributed by atoms with Crippen LogP contribution in [0.2, 0.25) is 0 Å². The van der Waals surface area contributed by atoms with E-state index in [1.165, 1.54) is 37.5 Å². The quantitative estimate of drug-likeness (QED) is 0.344. The van der Waals surface area contributed by atoms with Crippen LogP contribution in [0.15, 0.2) is 46.4 Å². The van der Waals surface area contributed by atoms with Crippen molar-refractivity contribution < 1.29 is 51.7 Å². The van der Waals surface area contributed by atoms with Crippen molar-refractivity contribution in [1.82, 2.24) is 0 Å². The van der Waals surface area contributed by atoms with Gasteiger partial charge < -0.3 is 23.7 Å². The summed E-state index contributed by atoms with van der Waals surface area (Å²) in [6.07, 6.45) is 0.609. The van der Waals surface area contributed by atoms with E-state index in [9.17, 15) is 24.3 Å². The molecule has 236 valence electrons. The first-order chi connectivity index (χ1) is 20.8. The van der Waals surface area contributed by atoms with Crippen LogP contribution in [0.3, 0.4) is 0 Å². The molecular formula is C32H34F2O9S. The fourth-order valence-corrected chi connectivity index (χ4v) is 9.24. The van der Waals surface area contributed by atoms with Crippen molar-refractivity contribution >= 4 is 34.8 Å². The first-order valence-electron chi connectivity index (χ1n) is 14.3. The lowest BCUT2D eigenvalue weighted by Crippen LogP contribution is -2.69. The first-order valence-corrected chi connectivity index (χ1v) is 15.3. The molecule has 2 unspecified atom stereocenters. The highest BCUT2D eigenvalue weighted by Crippen LogP contribution is 2.72. The number of ketones is 1. The van der Waals surface area contributed by atoms with Crippen LogP contribution in [0.25, 0.3) is 0 Å². The summed E-state index contributed by atoms with van der Waals surface area (Å²) in [6.45, 7) is 4.66. The Morgan fingerprint density at radius 2 is 1.98 bits per heavy atom. The molecule has 8 atom stereocenters. The smallest absolute Gasteiger partial charge is 0.457 e. The van der Waals surface area contributed by atoms with Crippen molar-refractivity contribution in [2.45, 2.75) is 63.8 Å². The molecule has 5 rings (SSSR count). The molecule has 2 saturated carbocycles. The second-order valence-corrected chi connectivity index (χ2v) is 13.2. The van der Waals surface area contributed by atoms with Crippen LogP contribution in [-0.4, -0.2) is 65.0 Å². The number of carbonyl (C=O) groups excluding carboxylic acids is 4. The molecule has 44 heavy (non-hydrogen) atoms. The Balaban J connectivity index is 1.53. The minimum Gasteiger partial charge on any atom is -0.457 e. The maximum absolute atomic E-state index is 17.6. The minimum absolute atomic E-state index is 0.0364. The van der Waals surface area contributed by atoms with Gasteiger partial charge in [0.2, 0.25) is 10.9 Å². The zero-order chi connectivity index (χ0) is 32.1. The predicted octanol–water partition coefficient (Wildman–Crippen LogP) is 5.14. The fourth-order valence-electron chi connectivity index (χ4n) is 8.25. The average Bonchev–Trinajstić information content (AvgIpc) is 3.60. The number of hydrogen-bond donors (Lipinski definition) is 1. The molecule has 4 aliphatic rings. The zero-order valence-electron chi connectivity index (χ0n) is 24.8. The van der Waals surface area contributed by atoms with Gasteiger partial charge in [-0.2, -0.15) is 0 Å². The molecule has 1 aromatic rings. The Morgan fingerprint density at radius 3 is 2.66 bits per heavy atom. The molecule has 9 nitrogen and oxygen atoms in total.